The molecule has 134 valence electrons. The van der Waals surface area contributed by atoms with Crippen molar-refractivity contribution in [3.63, 3.8) is 0 Å². The van der Waals surface area contributed by atoms with E-state index in [1.54, 1.807) is 25.1 Å². The highest BCUT2D eigenvalue weighted by Gasteiger charge is 2.52. The molecule has 1 aromatic rings. The lowest BCUT2D eigenvalue weighted by atomic mass is 9.77. The summed E-state index contributed by atoms with van der Waals surface area (Å²) in [4.78, 5) is 38.3. The minimum atomic E-state index is -0.824. The second kappa shape index (κ2) is 6.67. The summed E-state index contributed by atoms with van der Waals surface area (Å²) >= 11 is 6.04. The van der Waals surface area contributed by atoms with E-state index in [0.717, 1.165) is 23.3 Å². The van der Waals surface area contributed by atoms with Crippen molar-refractivity contribution < 1.29 is 14.4 Å². The summed E-state index contributed by atoms with van der Waals surface area (Å²) in [6, 6.07) is 4.71. The summed E-state index contributed by atoms with van der Waals surface area (Å²) in [6.07, 6.45) is 3.05. The Hall–Kier alpha value is -2.08. The number of carbonyl (C=O) groups excluding carboxylic acids is 3. The third-order valence-electron chi connectivity index (χ3n) is 5.22. The molecule has 3 rings (SSSR count). The molecule has 0 bridgehead atoms. The number of halogens is 1. The molecule has 0 atom stereocenters. The highest BCUT2D eigenvalue weighted by molar-refractivity contribution is 6.31. The number of hydrogen-bond acceptors (Lipinski definition) is 3. The van der Waals surface area contributed by atoms with Crippen LogP contribution in [0.15, 0.2) is 18.2 Å². The third kappa shape index (κ3) is 3.35. The average Bonchev–Trinajstić information content (AvgIpc) is 2.79. The molecule has 1 spiro atoms. The number of anilines is 1. The summed E-state index contributed by atoms with van der Waals surface area (Å²) in [7, 11) is 0. The molecule has 1 saturated heterocycles. The number of amides is 4. The maximum absolute atomic E-state index is 12.7. The molecule has 6 nitrogen and oxygen atoms in total. The Morgan fingerprint density at radius 1 is 1.36 bits per heavy atom. The lowest BCUT2D eigenvalue weighted by molar-refractivity contribution is -0.135. The fraction of sp³-hybridized carbons (Fsp3) is 0.500. The third-order valence-corrected chi connectivity index (χ3v) is 5.63. The van der Waals surface area contributed by atoms with Crippen LogP contribution in [0, 0.1) is 12.8 Å². The molecule has 1 aromatic carbocycles. The fourth-order valence-electron chi connectivity index (χ4n) is 3.49. The molecule has 7 heteroatoms. The summed E-state index contributed by atoms with van der Waals surface area (Å²) in [6.45, 7) is 3.64. The van der Waals surface area contributed by atoms with Crippen LogP contribution >= 0.6 is 11.6 Å². The second-order valence-electron chi connectivity index (χ2n) is 7.05. The number of urea groups is 1. The van der Waals surface area contributed by atoms with Gasteiger partial charge in [-0.05, 0) is 56.2 Å². The molecule has 4 amide bonds. The van der Waals surface area contributed by atoms with Gasteiger partial charge < -0.3 is 10.6 Å². The van der Waals surface area contributed by atoms with Crippen LogP contribution in [0.4, 0.5) is 10.5 Å². The van der Waals surface area contributed by atoms with Crippen LogP contribution in [0.1, 0.15) is 38.2 Å². The molecule has 1 saturated carbocycles. The highest BCUT2D eigenvalue weighted by Crippen LogP contribution is 2.36. The van der Waals surface area contributed by atoms with Gasteiger partial charge in [-0.1, -0.05) is 24.6 Å². The van der Waals surface area contributed by atoms with Crippen molar-refractivity contribution in [3.8, 4) is 0 Å². The van der Waals surface area contributed by atoms with Crippen LogP contribution in [-0.2, 0) is 9.59 Å². The smallest absolute Gasteiger partial charge is 0.324 e. The van der Waals surface area contributed by atoms with Crippen LogP contribution in [0.25, 0.3) is 0 Å². The van der Waals surface area contributed by atoms with Gasteiger partial charge in [0.25, 0.3) is 5.91 Å². The van der Waals surface area contributed by atoms with E-state index in [4.69, 9.17) is 11.6 Å². The van der Waals surface area contributed by atoms with Crippen molar-refractivity contribution in [2.45, 2.75) is 45.1 Å². The van der Waals surface area contributed by atoms with Gasteiger partial charge in [0, 0.05) is 10.7 Å². The minimum absolute atomic E-state index is 0.289. The van der Waals surface area contributed by atoms with Crippen molar-refractivity contribution in [3.05, 3.63) is 28.8 Å². The van der Waals surface area contributed by atoms with E-state index >= 15 is 0 Å². The Kier molecular flexibility index (Phi) is 4.73. The standard InChI is InChI=1S/C18H22ClN3O3/c1-11-6-8-18(9-7-11)16(24)22(17(25)21-18)10-15(23)20-14-5-3-4-13(19)12(14)2/h3-5,11H,6-10H2,1-2H3,(H,20,23)(H,21,25). The molecule has 2 aliphatic rings. The quantitative estimate of drug-likeness (QED) is 0.810. The lowest BCUT2D eigenvalue weighted by Crippen LogP contribution is -2.49. The number of nitrogens with one attached hydrogen (secondary N) is 2. The van der Waals surface area contributed by atoms with Gasteiger partial charge in [-0.2, -0.15) is 0 Å². The van der Waals surface area contributed by atoms with Crippen LogP contribution in [0.5, 0.6) is 0 Å². The molecule has 25 heavy (non-hydrogen) atoms. The van der Waals surface area contributed by atoms with E-state index in [1.165, 1.54) is 0 Å². The van der Waals surface area contributed by atoms with Crippen molar-refractivity contribution in [2.24, 2.45) is 5.92 Å². The maximum Gasteiger partial charge on any atom is 0.325 e. The van der Waals surface area contributed by atoms with Gasteiger partial charge in [-0.3, -0.25) is 14.5 Å². The van der Waals surface area contributed by atoms with Crippen molar-refractivity contribution >= 4 is 35.1 Å². The van der Waals surface area contributed by atoms with E-state index in [-0.39, 0.29) is 12.5 Å². The van der Waals surface area contributed by atoms with Crippen LogP contribution in [0.3, 0.4) is 0 Å². The topological polar surface area (TPSA) is 78.5 Å². The van der Waals surface area contributed by atoms with Crippen molar-refractivity contribution in [2.75, 3.05) is 11.9 Å². The molecule has 0 aromatic heterocycles. The van der Waals surface area contributed by atoms with Gasteiger partial charge in [0.15, 0.2) is 0 Å². The first-order valence-electron chi connectivity index (χ1n) is 8.51. The zero-order valence-electron chi connectivity index (χ0n) is 14.4. The minimum Gasteiger partial charge on any atom is -0.324 e. The van der Waals surface area contributed by atoms with Crippen LogP contribution < -0.4 is 10.6 Å². The summed E-state index contributed by atoms with van der Waals surface area (Å²) < 4.78 is 0. The molecule has 0 radical (unpaired) electrons. The van der Waals surface area contributed by atoms with E-state index in [2.05, 4.69) is 17.6 Å². The lowest BCUT2D eigenvalue weighted by Gasteiger charge is -2.33. The zero-order chi connectivity index (χ0) is 18.2. The molecule has 1 heterocycles. The van der Waals surface area contributed by atoms with E-state index in [1.807, 2.05) is 0 Å². The van der Waals surface area contributed by atoms with Crippen molar-refractivity contribution in [1.82, 2.24) is 10.2 Å². The highest BCUT2D eigenvalue weighted by atomic mass is 35.5. The Morgan fingerprint density at radius 3 is 2.72 bits per heavy atom. The normalized spacial score (nSPS) is 26.0. The number of nitrogens with zero attached hydrogens (tertiary/aromatic N) is 1. The van der Waals surface area contributed by atoms with Crippen molar-refractivity contribution in [1.29, 1.82) is 0 Å². The number of rotatable bonds is 3. The van der Waals surface area contributed by atoms with Gasteiger partial charge in [0.1, 0.15) is 12.1 Å². The van der Waals surface area contributed by atoms with Gasteiger partial charge >= 0.3 is 6.03 Å². The summed E-state index contributed by atoms with van der Waals surface area (Å²) in [5.74, 6) is -0.157. The monoisotopic (exact) mass is 363 g/mol. The first-order chi connectivity index (χ1) is 11.8. The molecule has 1 aliphatic heterocycles. The first kappa shape index (κ1) is 17.7. The van der Waals surface area contributed by atoms with Crippen LogP contribution in [0.2, 0.25) is 5.02 Å². The molecule has 2 fully saturated rings. The molecule has 0 unspecified atom stereocenters. The summed E-state index contributed by atoms with van der Waals surface area (Å²) in [5.41, 5.74) is 0.494. The molecular weight excluding hydrogens is 342 g/mol. The predicted octanol–water partition coefficient (Wildman–Crippen LogP) is 3.09. The van der Waals surface area contributed by atoms with E-state index in [9.17, 15) is 14.4 Å². The molecular formula is C18H22ClN3O3. The first-order valence-corrected chi connectivity index (χ1v) is 8.89. The Balaban J connectivity index is 1.68. The van der Waals surface area contributed by atoms with Crippen LogP contribution in [-0.4, -0.2) is 34.8 Å². The van der Waals surface area contributed by atoms with E-state index < -0.39 is 17.5 Å². The SMILES string of the molecule is Cc1c(Cl)cccc1NC(=O)CN1C(=O)NC2(CCC(C)CC2)C1=O. The van der Waals surface area contributed by atoms with Gasteiger partial charge in [-0.15, -0.1) is 0 Å². The van der Waals surface area contributed by atoms with E-state index in [0.29, 0.717) is 29.5 Å². The van der Waals surface area contributed by atoms with Gasteiger partial charge in [0.2, 0.25) is 5.91 Å². The molecule has 2 N–H and O–H groups in total. The largest absolute Gasteiger partial charge is 0.325 e. The fourth-order valence-corrected chi connectivity index (χ4v) is 3.66. The maximum atomic E-state index is 12.7. The Morgan fingerprint density at radius 2 is 2.04 bits per heavy atom. The Labute approximate surface area is 151 Å². The zero-order valence-corrected chi connectivity index (χ0v) is 15.2. The van der Waals surface area contributed by atoms with Gasteiger partial charge in [-0.25, -0.2) is 4.79 Å². The molecule has 1 aliphatic carbocycles. The number of benzene rings is 1. The Bertz CT molecular complexity index is 726. The predicted molar refractivity (Wildman–Crippen MR) is 95.4 cm³/mol. The van der Waals surface area contributed by atoms with Gasteiger partial charge in [0.05, 0.1) is 0 Å². The number of hydrogen-bond donors (Lipinski definition) is 2. The second-order valence-corrected chi connectivity index (χ2v) is 7.45. The average molecular weight is 364 g/mol. The number of imide groups is 1. The number of carbonyl (C=O) groups is 3. The summed E-state index contributed by atoms with van der Waals surface area (Å²) in [5, 5.41) is 6.08.